The second-order valence-electron chi connectivity index (χ2n) is 5.75. The van der Waals surface area contributed by atoms with E-state index < -0.39 is 0 Å². The van der Waals surface area contributed by atoms with E-state index in [4.69, 9.17) is 0 Å². The van der Waals surface area contributed by atoms with E-state index >= 15 is 0 Å². The number of carbonyl (C=O) groups is 1. The maximum atomic E-state index is 12.4. The lowest BCUT2D eigenvalue weighted by molar-refractivity contribution is 0.208. The molecule has 3 rings (SSSR count). The smallest absolute Gasteiger partial charge is 0.321 e. The third-order valence-electron chi connectivity index (χ3n) is 4.00. The highest BCUT2D eigenvalue weighted by Gasteiger charge is 2.18. The standard InChI is InChI=1S/C18H20N6O/c1-14(15-6-5-8-19-10-15)23(2)18(25)22-17-11-21-24(13-17)12-16-7-3-4-9-20-16/h3-11,13-14H,12H2,1-2H3,(H,22,25)/t14-/m1/s1. The Morgan fingerprint density at radius 2 is 2.12 bits per heavy atom. The summed E-state index contributed by atoms with van der Waals surface area (Å²) in [6, 6.07) is 9.27. The van der Waals surface area contributed by atoms with Crippen LogP contribution in [-0.2, 0) is 6.54 Å². The van der Waals surface area contributed by atoms with E-state index in [1.54, 1.807) is 47.6 Å². The molecule has 3 aromatic heterocycles. The summed E-state index contributed by atoms with van der Waals surface area (Å²) in [5.41, 5.74) is 2.53. The minimum absolute atomic E-state index is 0.0859. The molecule has 0 fully saturated rings. The van der Waals surface area contributed by atoms with Gasteiger partial charge in [-0.15, -0.1) is 0 Å². The number of carbonyl (C=O) groups excluding carboxylic acids is 1. The topological polar surface area (TPSA) is 75.9 Å². The molecule has 0 radical (unpaired) electrons. The zero-order chi connectivity index (χ0) is 17.6. The number of rotatable bonds is 5. The summed E-state index contributed by atoms with van der Waals surface area (Å²) in [7, 11) is 1.76. The van der Waals surface area contributed by atoms with Crippen LogP contribution in [0.1, 0.15) is 24.2 Å². The van der Waals surface area contributed by atoms with E-state index in [1.165, 1.54) is 0 Å². The van der Waals surface area contributed by atoms with E-state index in [0.29, 0.717) is 12.2 Å². The van der Waals surface area contributed by atoms with Crippen LogP contribution in [0.4, 0.5) is 10.5 Å². The van der Waals surface area contributed by atoms with Crippen molar-refractivity contribution in [1.29, 1.82) is 0 Å². The van der Waals surface area contributed by atoms with Crippen molar-refractivity contribution < 1.29 is 4.79 Å². The predicted octanol–water partition coefficient (Wildman–Crippen LogP) is 2.95. The number of urea groups is 1. The van der Waals surface area contributed by atoms with Crippen LogP contribution in [0.2, 0.25) is 0 Å². The second kappa shape index (κ2) is 7.57. The van der Waals surface area contributed by atoms with Crippen molar-refractivity contribution in [3.8, 4) is 0 Å². The van der Waals surface area contributed by atoms with Crippen molar-refractivity contribution in [3.63, 3.8) is 0 Å². The Morgan fingerprint density at radius 3 is 2.84 bits per heavy atom. The van der Waals surface area contributed by atoms with Crippen LogP contribution in [0.25, 0.3) is 0 Å². The SMILES string of the molecule is C[C@H](c1cccnc1)N(C)C(=O)Nc1cnn(Cc2ccccn2)c1. The van der Waals surface area contributed by atoms with Gasteiger partial charge in [0.25, 0.3) is 0 Å². The molecule has 1 N–H and O–H groups in total. The van der Waals surface area contributed by atoms with Crippen LogP contribution in [0.3, 0.4) is 0 Å². The number of pyridine rings is 2. The van der Waals surface area contributed by atoms with Crippen LogP contribution in [0.15, 0.2) is 61.3 Å². The summed E-state index contributed by atoms with van der Waals surface area (Å²) in [6.45, 7) is 2.51. The number of anilines is 1. The van der Waals surface area contributed by atoms with E-state index in [-0.39, 0.29) is 12.1 Å². The van der Waals surface area contributed by atoms with Crippen LogP contribution in [0.5, 0.6) is 0 Å². The summed E-state index contributed by atoms with van der Waals surface area (Å²) in [4.78, 5) is 22.4. The lowest BCUT2D eigenvalue weighted by Gasteiger charge is -2.25. The Bertz CT molecular complexity index is 818. The first kappa shape index (κ1) is 16.6. The molecule has 0 aromatic carbocycles. The summed E-state index contributed by atoms with van der Waals surface area (Å²) in [6.07, 6.45) is 8.64. The van der Waals surface area contributed by atoms with Crippen LogP contribution >= 0.6 is 0 Å². The molecule has 2 amide bonds. The zero-order valence-corrected chi connectivity index (χ0v) is 14.2. The minimum atomic E-state index is -0.200. The zero-order valence-electron chi connectivity index (χ0n) is 14.2. The van der Waals surface area contributed by atoms with Gasteiger partial charge in [0.15, 0.2) is 0 Å². The molecule has 0 unspecified atom stereocenters. The molecule has 0 aliphatic heterocycles. The molecule has 3 aromatic rings. The molecule has 25 heavy (non-hydrogen) atoms. The number of hydrogen-bond acceptors (Lipinski definition) is 4. The fraction of sp³-hybridized carbons (Fsp3) is 0.222. The van der Waals surface area contributed by atoms with Crippen LogP contribution < -0.4 is 5.32 Å². The van der Waals surface area contributed by atoms with Gasteiger partial charge < -0.3 is 10.2 Å². The first-order valence-corrected chi connectivity index (χ1v) is 7.99. The highest BCUT2D eigenvalue weighted by molar-refractivity contribution is 5.89. The van der Waals surface area contributed by atoms with Crippen LogP contribution in [-0.4, -0.2) is 37.7 Å². The van der Waals surface area contributed by atoms with Gasteiger partial charge >= 0.3 is 6.03 Å². The van der Waals surface area contributed by atoms with Gasteiger partial charge in [0, 0.05) is 31.8 Å². The van der Waals surface area contributed by atoms with Gasteiger partial charge in [0.05, 0.1) is 30.2 Å². The molecule has 7 heteroatoms. The summed E-state index contributed by atoms with van der Waals surface area (Å²) >= 11 is 0. The van der Waals surface area contributed by atoms with Gasteiger partial charge in [0.2, 0.25) is 0 Å². The number of nitrogens with zero attached hydrogens (tertiary/aromatic N) is 5. The van der Waals surface area contributed by atoms with E-state index in [0.717, 1.165) is 11.3 Å². The third-order valence-corrected chi connectivity index (χ3v) is 4.00. The molecule has 128 valence electrons. The van der Waals surface area contributed by atoms with Gasteiger partial charge in [-0.25, -0.2) is 4.79 Å². The molecular formula is C18H20N6O. The Balaban J connectivity index is 1.61. The fourth-order valence-corrected chi connectivity index (χ4v) is 2.41. The number of hydrogen-bond donors (Lipinski definition) is 1. The van der Waals surface area contributed by atoms with Crippen molar-refractivity contribution in [2.75, 3.05) is 12.4 Å². The first-order chi connectivity index (χ1) is 12.1. The molecule has 0 aliphatic carbocycles. The van der Waals surface area contributed by atoms with Crippen molar-refractivity contribution >= 4 is 11.7 Å². The summed E-state index contributed by atoms with van der Waals surface area (Å²) < 4.78 is 1.74. The average molecular weight is 336 g/mol. The molecule has 0 saturated carbocycles. The lowest BCUT2D eigenvalue weighted by atomic mass is 10.1. The van der Waals surface area contributed by atoms with Gasteiger partial charge in [0.1, 0.15) is 0 Å². The number of amides is 2. The predicted molar refractivity (Wildman–Crippen MR) is 95.0 cm³/mol. The second-order valence-corrected chi connectivity index (χ2v) is 5.75. The van der Waals surface area contributed by atoms with Crippen molar-refractivity contribution in [3.05, 3.63) is 72.6 Å². The molecule has 1 atom stereocenters. The first-order valence-electron chi connectivity index (χ1n) is 7.99. The third kappa shape index (κ3) is 4.20. The van der Waals surface area contributed by atoms with E-state index in [9.17, 15) is 4.79 Å². The van der Waals surface area contributed by atoms with Crippen molar-refractivity contribution in [2.24, 2.45) is 0 Å². The Kier molecular flexibility index (Phi) is 5.03. The normalized spacial score (nSPS) is 11.8. The van der Waals surface area contributed by atoms with E-state index in [1.807, 2.05) is 37.3 Å². The fourth-order valence-electron chi connectivity index (χ4n) is 2.41. The Morgan fingerprint density at radius 1 is 1.24 bits per heavy atom. The van der Waals surface area contributed by atoms with Gasteiger partial charge in [-0.05, 0) is 30.7 Å². The quantitative estimate of drug-likeness (QED) is 0.777. The lowest BCUT2D eigenvalue weighted by Crippen LogP contribution is -2.33. The monoisotopic (exact) mass is 336 g/mol. The highest BCUT2D eigenvalue weighted by Crippen LogP contribution is 2.18. The average Bonchev–Trinajstić information content (AvgIpc) is 3.08. The van der Waals surface area contributed by atoms with Crippen molar-refractivity contribution in [2.45, 2.75) is 19.5 Å². The van der Waals surface area contributed by atoms with Crippen molar-refractivity contribution in [1.82, 2.24) is 24.6 Å². The molecule has 0 bridgehead atoms. The molecule has 7 nitrogen and oxygen atoms in total. The van der Waals surface area contributed by atoms with Gasteiger partial charge in [-0.3, -0.25) is 14.6 Å². The molecule has 0 saturated heterocycles. The van der Waals surface area contributed by atoms with E-state index in [2.05, 4.69) is 20.4 Å². The molecule has 0 aliphatic rings. The van der Waals surface area contributed by atoms with Gasteiger partial charge in [-0.1, -0.05) is 12.1 Å². The highest BCUT2D eigenvalue weighted by atomic mass is 16.2. The number of aromatic nitrogens is 4. The molecule has 3 heterocycles. The Labute approximate surface area is 146 Å². The minimum Gasteiger partial charge on any atom is -0.321 e. The largest absolute Gasteiger partial charge is 0.322 e. The van der Waals surface area contributed by atoms with Gasteiger partial charge in [-0.2, -0.15) is 5.10 Å². The maximum Gasteiger partial charge on any atom is 0.322 e. The molecule has 0 spiro atoms. The summed E-state index contributed by atoms with van der Waals surface area (Å²) in [5, 5.41) is 7.12. The Hall–Kier alpha value is -3.22. The molecular weight excluding hydrogens is 316 g/mol. The number of nitrogens with one attached hydrogen (secondary N) is 1. The summed E-state index contributed by atoms with van der Waals surface area (Å²) in [5.74, 6) is 0. The maximum absolute atomic E-state index is 12.4. The van der Waals surface area contributed by atoms with Crippen LogP contribution in [0, 0.1) is 0 Å².